The lowest BCUT2D eigenvalue weighted by Crippen LogP contribution is -2.36. The fourth-order valence-electron chi connectivity index (χ4n) is 4.63. The number of benzene rings is 2. The number of anilines is 1. The third-order valence-corrected chi connectivity index (χ3v) is 6.26. The normalized spacial score (nSPS) is 16.1. The van der Waals surface area contributed by atoms with Crippen LogP contribution in [0.3, 0.4) is 0 Å². The number of aliphatic carboxylic acids is 1. The quantitative estimate of drug-likeness (QED) is 0.725. The van der Waals surface area contributed by atoms with Crippen molar-refractivity contribution in [1.82, 2.24) is 4.58 Å². The zero-order valence-corrected chi connectivity index (χ0v) is 17.2. The van der Waals surface area contributed by atoms with Gasteiger partial charge in [-0.25, -0.2) is 4.58 Å². The first kappa shape index (κ1) is 18.7. The van der Waals surface area contributed by atoms with E-state index in [1.807, 2.05) is 0 Å². The van der Waals surface area contributed by atoms with Crippen molar-refractivity contribution >= 4 is 17.7 Å². The average Bonchev–Trinajstić information content (AvgIpc) is 3.02. The van der Waals surface area contributed by atoms with Crippen LogP contribution in [-0.4, -0.2) is 33.2 Å². The third-order valence-electron chi connectivity index (χ3n) is 6.26. The van der Waals surface area contributed by atoms with Gasteiger partial charge in [-0.05, 0) is 52.6 Å². The lowest BCUT2D eigenvalue weighted by molar-refractivity contribution is -0.305. The molecule has 1 aliphatic carbocycles. The second-order valence-corrected chi connectivity index (χ2v) is 8.72. The van der Waals surface area contributed by atoms with Crippen LogP contribution in [0.5, 0.6) is 0 Å². The summed E-state index contributed by atoms with van der Waals surface area (Å²) in [6.07, 6.45) is 4.09. The van der Waals surface area contributed by atoms with Crippen LogP contribution in [0.15, 0.2) is 30.3 Å². The molecule has 0 atom stereocenters. The van der Waals surface area contributed by atoms with Crippen LogP contribution in [0.25, 0.3) is 6.08 Å². The molecule has 4 rings (SSSR count). The van der Waals surface area contributed by atoms with Crippen molar-refractivity contribution in [1.29, 1.82) is 0 Å². The monoisotopic (exact) mass is 376 g/mol. The Morgan fingerprint density at radius 1 is 1.18 bits per heavy atom. The zero-order valence-electron chi connectivity index (χ0n) is 17.2. The van der Waals surface area contributed by atoms with Crippen LogP contribution >= 0.6 is 0 Å². The Labute approximate surface area is 166 Å². The Hall–Kier alpha value is -2.62. The van der Waals surface area contributed by atoms with E-state index in [9.17, 15) is 9.90 Å². The summed E-state index contributed by atoms with van der Waals surface area (Å²) in [5, 5.41) is 13.3. The molecule has 4 nitrogen and oxygen atoms in total. The molecule has 4 heteroatoms. The summed E-state index contributed by atoms with van der Waals surface area (Å²) in [6, 6.07) is 11.4. The van der Waals surface area contributed by atoms with Gasteiger partial charge in [0.25, 0.3) is 0 Å². The topological polar surface area (TPSA) is 46.4 Å². The Balaban J connectivity index is 1.83. The number of carbonyl (C=O) groups is 1. The van der Waals surface area contributed by atoms with Crippen LogP contribution in [0.1, 0.15) is 48.9 Å². The number of fused-ring (bicyclic) bond motifs is 3. The molecular formula is C24H28N2O2. The van der Waals surface area contributed by atoms with Gasteiger partial charge in [0.1, 0.15) is 13.1 Å². The number of carboxylic acids is 1. The smallest absolute Gasteiger partial charge is 0.203 e. The summed E-state index contributed by atoms with van der Waals surface area (Å²) < 4.78 is 2.33. The molecule has 0 N–H and O–H groups in total. The minimum Gasteiger partial charge on any atom is -0.550 e. The molecule has 2 aromatic rings. The minimum atomic E-state index is -0.964. The van der Waals surface area contributed by atoms with Gasteiger partial charge in [0.05, 0.1) is 0 Å². The Bertz CT molecular complexity index is 1080. The molecule has 28 heavy (non-hydrogen) atoms. The largest absolute Gasteiger partial charge is 0.550 e. The number of nitrogens with zero attached hydrogens (tertiary/aromatic N) is 2. The predicted molar refractivity (Wildman–Crippen MR) is 111 cm³/mol. The van der Waals surface area contributed by atoms with E-state index >= 15 is 0 Å². The van der Waals surface area contributed by atoms with E-state index in [2.05, 4.69) is 73.8 Å². The second kappa shape index (κ2) is 6.77. The average molecular weight is 377 g/mol. The molecule has 0 bridgehead atoms. The zero-order chi connectivity index (χ0) is 20.1. The maximum absolute atomic E-state index is 10.8. The van der Waals surface area contributed by atoms with E-state index in [1.54, 1.807) is 0 Å². The van der Waals surface area contributed by atoms with Gasteiger partial charge < -0.3 is 14.8 Å². The second-order valence-electron chi connectivity index (χ2n) is 8.72. The first-order valence-corrected chi connectivity index (χ1v) is 10.1. The molecule has 0 saturated carbocycles. The summed E-state index contributed by atoms with van der Waals surface area (Å²) in [5.74, 6) is -0.964. The number of carbonyl (C=O) groups excluding carboxylic acids is 1. The maximum atomic E-state index is 10.8. The highest BCUT2D eigenvalue weighted by molar-refractivity contribution is 5.67. The molecule has 0 aromatic heterocycles. The fraction of sp³-hybridized carbons (Fsp3) is 0.417. The summed E-state index contributed by atoms with van der Waals surface area (Å²) >= 11 is 0. The molecule has 0 radical (unpaired) electrons. The first-order chi connectivity index (χ1) is 13.3. The molecule has 1 heterocycles. The van der Waals surface area contributed by atoms with Crippen molar-refractivity contribution in [3.05, 3.63) is 63.2 Å². The van der Waals surface area contributed by atoms with E-state index in [0.717, 1.165) is 19.5 Å². The van der Waals surface area contributed by atoms with Gasteiger partial charge in [-0.2, -0.15) is 0 Å². The number of rotatable bonds is 5. The summed E-state index contributed by atoms with van der Waals surface area (Å²) in [5.41, 5.74) is 6.50. The van der Waals surface area contributed by atoms with Crippen LogP contribution in [0.4, 0.5) is 5.69 Å². The standard InChI is InChI=1S/C24H28N2O2/c1-24(2)20-14-19(25(3)4)8-7-16(20)12-18-13-17-9-11-26(10-5-6-23(27)28)22(17)15-21(18)24/h7-8,12-15H,5-6,9-11H2,1-4H3. The summed E-state index contributed by atoms with van der Waals surface area (Å²) in [4.78, 5) is 12.9. The molecular weight excluding hydrogens is 348 g/mol. The van der Waals surface area contributed by atoms with Crippen LogP contribution in [0.2, 0.25) is 0 Å². The highest BCUT2D eigenvalue weighted by Gasteiger charge is 2.32. The summed E-state index contributed by atoms with van der Waals surface area (Å²) in [6.45, 7) is 6.34. The number of carboxylic acid groups (broad SMARTS) is 1. The van der Waals surface area contributed by atoms with Crippen molar-refractivity contribution < 1.29 is 9.90 Å². The van der Waals surface area contributed by atoms with Crippen molar-refractivity contribution in [2.24, 2.45) is 0 Å². The van der Waals surface area contributed by atoms with Gasteiger partial charge in [0, 0.05) is 55.6 Å². The fourth-order valence-corrected chi connectivity index (χ4v) is 4.63. The summed E-state index contributed by atoms with van der Waals surface area (Å²) in [7, 11) is 4.15. The maximum Gasteiger partial charge on any atom is 0.203 e. The molecule has 0 saturated heterocycles. The molecule has 1 aliphatic heterocycles. The van der Waals surface area contributed by atoms with Crippen LogP contribution in [-0.2, 0) is 16.6 Å². The number of hydrogen-bond acceptors (Lipinski definition) is 3. The highest BCUT2D eigenvalue weighted by atomic mass is 16.4. The SMILES string of the molecule is CN(C)c1ccc2c(c1)C(C)(C)c1cc3c(cc1=C2)CC[N+]=3CCCC(=O)[O-]. The molecule has 2 aromatic carbocycles. The molecule has 0 unspecified atom stereocenters. The van der Waals surface area contributed by atoms with E-state index in [0.29, 0.717) is 6.42 Å². The van der Waals surface area contributed by atoms with Gasteiger partial charge in [-0.15, -0.1) is 0 Å². The third kappa shape index (κ3) is 3.11. The molecule has 0 fully saturated rings. The Kier molecular flexibility index (Phi) is 4.53. The van der Waals surface area contributed by atoms with Crippen molar-refractivity contribution in [3.8, 4) is 0 Å². The lowest BCUT2D eigenvalue weighted by atomic mass is 9.72. The first-order valence-electron chi connectivity index (χ1n) is 10.1. The van der Waals surface area contributed by atoms with Gasteiger partial charge in [-0.1, -0.05) is 19.9 Å². The van der Waals surface area contributed by atoms with Crippen LogP contribution < -0.4 is 25.2 Å². The van der Waals surface area contributed by atoms with Crippen molar-refractivity contribution in [2.75, 3.05) is 32.1 Å². The van der Waals surface area contributed by atoms with Crippen molar-refractivity contribution in [3.63, 3.8) is 0 Å². The van der Waals surface area contributed by atoms with Crippen LogP contribution in [0, 0.1) is 0 Å². The van der Waals surface area contributed by atoms with E-state index in [4.69, 9.17) is 0 Å². The molecule has 146 valence electrons. The molecule has 2 aliphatic rings. The number of hydrogen-bond donors (Lipinski definition) is 0. The van der Waals surface area contributed by atoms with E-state index in [-0.39, 0.29) is 11.8 Å². The van der Waals surface area contributed by atoms with Gasteiger partial charge in [0.2, 0.25) is 5.36 Å². The molecule has 0 amide bonds. The highest BCUT2D eigenvalue weighted by Crippen LogP contribution is 2.36. The lowest BCUT2D eigenvalue weighted by Gasteiger charge is -2.32. The van der Waals surface area contributed by atoms with Gasteiger partial charge in [0.15, 0.2) is 0 Å². The van der Waals surface area contributed by atoms with Crippen molar-refractivity contribution in [2.45, 2.75) is 38.5 Å². The van der Waals surface area contributed by atoms with Gasteiger partial charge in [-0.3, -0.25) is 0 Å². The Morgan fingerprint density at radius 3 is 2.68 bits per heavy atom. The predicted octanol–water partition coefficient (Wildman–Crippen LogP) is 0.798. The molecule has 0 spiro atoms. The minimum absolute atomic E-state index is 0.0836. The van der Waals surface area contributed by atoms with Gasteiger partial charge >= 0.3 is 0 Å². The van der Waals surface area contributed by atoms with E-state index in [1.165, 1.54) is 38.5 Å². The van der Waals surface area contributed by atoms with E-state index < -0.39 is 5.97 Å². The Morgan fingerprint density at radius 2 is 1.96 bits per heavy atom.